The molecule has 0 aromatic heterocycles. The molecule has 0 bridgehead atoms. The number of hydrogen-bond donors (Lipinski definition) is 2. The summed E-state index contributed by atoms with van der Waals surface area (Å²) >= 11 is 0. The number of nitrogens with two attached hydrogens (primary N) is 1. The number of rotatable bonds is 6. The van der Waals surface area contributed by atoms with E-state index in [4.69, 9.17) is 15.6 Å². The molecule has 1 aromatic rings. The minimum absolute atomic E-state index is 0.0160. The number of methoxy groups -OCH3 is 1. The number of alkyl halides is 3. The molecule has 0 saturated carbocycles. The third kappa shape index (κ3) is 4.33. The monoisotopic (exact) mass is 306 g/mol. The van der Waals surface area contributed by atoms with E-state index in [0.29, 0.717) is 0 Å². The fourth-order valence-electron chi connectivity index (χ4n) is 1.81. The highest BCUT2D eigenvalue weighted by molar-refractivity contribution is 5.99. The largest absolute Gasteiger partial charge is 0.418 e. The fourth-order valence-corrected chi connectivity index (χ4v) is 1.81. The van der Waals surface area contributed by atoms with E-state index in [1.807, 2.05) is 0 Å². The van der Waals surface area contributed by atoms with Crippen molar-refractivity contribution < 1.29 is 27.8 Å². The lowest BCUT2D eigenvalue weighted by Gasteiger charge is -2.23. The predicted molar refractivity (Wildman–Crippen MR) is 70.7 cm³/mol. The predicted octanol–water partition coefficient (Wildman–Crippen LogP) is 1.37. The second kappa shape index (κ2) is 7.28. The first kappa shape index (κ1) is 17.3. The Morgan fingerprint density at radius 1 is 1.38 bits per heavy atom. The van der Waals surface area contributed by atoms with Gasteiger partial charge in [-0.25, -0.2) is 0 Å². The first-order valence-corrected chi connectivity index (χ1v) is 6.17. The van der Waals surface area contributed by atoms with Gasteiger partial charge in [0.1, 0.15) is 0 Å². The summed E-state index contributed by atoms with van der Waals surface area (Å²) in [6.45, 7) is 0.0163. The van der Waals surface area contributed by atoms with E-state index in [1.54, 1.807) is 0 Å². The Balaban J connectivity index is 3.10. The molecule has 0 heterocycles. The summed E-state index contributed by atoms with van der Waals surface area (Å²) in [4.78, 5) is 13.4. The van der Waals surface area contributed by atoms with Gasteiger partial charge in [0.25, 0.3) is 5.91 Å². The van der Waals surface area contributed by atoms with Gasteiger partial charge in [0.15, 0.2) is 0 Å². The van der Waals surface area contributed by atoms with Crippen LogP contribution in [0.3, 0.4) is 0 Å². The maximum Gasteiger partial charge on any atom is 0.418 e. The van der Waals surface area contributed by atoms with E-state index in [0.717, 1.165) is 12.1 Å². The van der Waals surface area contributed by atoms with Crippen LogP contribution in [-0.2, 0) is 10.9 Å². The number of para-hydroxylation sites is 1. The lowest BCUT2D eigenvalue weighted by Crippen LogP contribution is -2.36. The average molecular weight is 306 g/mol. The molecule has 118 valence electrons. The third-order valence-electron chi connectivity index (χ3n) is 2.86. The number of hydrogen-bond acceptors (Lipinski definition) is 4. The van der Waals surface area contributed by atoms with Gasteiger partial charge in [0.05, 0.1) is 30.0 Å². The number of carbonyl (C=O) groups is 1. The van der Waals surface area contributed by atoms with Gasteiger partial charge in [-0.2, -0.15) is 13.2 Å². The normalized spacial score (nSPS) is 11.5. The van der Waals surface area contributed by atoms with Crippen LogP contribution < -0.4 is 5.73 Å². The molecule has 0 fully saturated rings. The van der Waals surface area contributed by atoms with Gasteiger partial charge in [0.2, 0.25) is 0 Å². The van der Waals surface area contributed by atoms with Gasteiger partial charge >= 0.3 is 6.18 Å². The van der Waals surface area contributed by atoms with Crippen LogP contribution in [-0.4, -0.2) is 49.3 Å². The molecule has 1 rings (SSSR count). The highest BCUT2D eigenvalue weighted by Gasteiger charge is 2.34. The average Bonchev–Trinajstić information content (AvgIpc) is 2.41. The van der Waals surface area contributed by atoms with Crippen molar-refractivity contribution in [2.75, 3.05) is 39.1 Å². The molecule has 0 spiro atoms. The highest BCUT2D eigenvalue weighted by Crippen LogP contribution is 2.35. The number of benzene rings is 1. The number of nitrogen functional groups attached to an aromatic ring is 1. The second-order valence-corrected chi connectivity index (χ2v) is 4.27. The smallest absolute Gasteiger partial charge is 0.398 e. The van der Waals surface area contributed by atoms with Crippen LogP contribution in [0.2, 0.25) is 0 Å². The topological polar surface area (TPSA) is 75.8 Å². The van der Waals surface area contributed by atoms with Gasteiger partial charge in [-0.15, -0.1) is 0 Å². The molecule has 5 nitrogen and oxygen atoms in total. The Morgan fingerprint density at radius 3 is 2.57 bits per heavy atom. The fraction of sp³-hybridized carbons (Fsp3) is 0.462. The summed E-state index contributed by atoms with van der Waals surface area (Å²) < 4.78 is 43.2. The van der Waals surface area contributed by atoms with E-state index >= 15 is 0 Å². The van der Waals surface area contributed by atoms with Crippen LogP contribution in [0.5, 0.6) is 0 Å². The molecule has 1 aromatic carbocycles. The van der Waals surface area contributed by atoms with Gasteiger partial charge in [0, 0.05) is 20.2 Å². The molecule has 21 heavy (non-hydrogen) atoms. The summed E-state index contributed by atoms with van der Waals surface area (Å²) in [6, 6.07) is 3.17. The Morgan fingerprint density at radius 2 is 2.05 bits per heavy atom. The molecular weight excluding hydrogens is 289 g/mol. The highest BCUT2D eigenvalue weighted by atomic mass is 19.4. The number of aliphatic hydroxyl groups excluding tert-OH is 1. The van der Waals surface area contributed by atoms with E-state index in [2.05, 4.69) is 0 Å². The van der Waals surface area contributed by atoms with E-state index in [-0.39, 0.29) is 31.9 Å². The zero-order valence-electron chi connectivity index (χ0n) is 11.5. The number of nitrogens with zero attached hydrogens (tertiary/aromatic N) is 1. The number of amides is 1. The number of halogens is 3. The summed E-state index contributed by atoms with van der Waals surface area (Å²) in [7, 11) is 1.43. The van der Waals surface area contributed by atoms with Crippen molar-refractivity contribution in [2.24, 2.45) is 0 Å². The van der Waals surface area contributed by atoms with E-state index in [9.17, 15) is 18.0 Å². The van der Waals surface area contributed by atoms with Crippen LogP contribution in [0, 0.1) is 0 Å². The van der Waals surface area contributed by atoms with Gasteiger partial charge in [-0.1, -0.05) is 6.07 Å². The Kier molecular flexibility index (Phi) is 5.98. The van der Waals surface area contributed by atoms with Crippen molar-refractivity contribution in [3.05, 3.63) is 29.3 Å². The van der Waals surface area contributed by atoms with Gasteiger partial charge < -0.3 is 20.5 Å². The summed E-state index contributed by atoms with van der Waals surface area (Å²) in [5.74, 6) is -0.676. The van der Waals surface area contributed by atoms with Crippen molar-refractivity contribution in [2.45, 2.75) is 6.18 Å². The first-order chi connectivity index (χ1) is 9.82. The third-order valence-corrected chi connectivity index (χ3v) is 2.86. The lowest BCUT2D eigenvalue weighted by atomic mass is 10.1. The molecular formula is C13H17F3N2O3. The molecule has 0 atom stereocenters. The second-order valence-electron chi connectivity index (χ2n) is 4.27. The van der Waals surface area contributed by atoms with Crippen molar-refractivity contribution >= 4 is 11.6 Å². The Labute approximate surface area is 120 Å². The number of carbonyl (C=O) groups excluding carboxylic acids is 1. The maximum absolute atomic E-state index is 12.8. The molecule has 0 radical (unpaired) electrons. The zero-order chi connectivity index (χ0) is 16.0. The number of ether oxygens (including phenoxy) is 1. The van der Waals surface area contributed by atoms with Crippen molar-refractivity contribution in [3.8, 4) is 0 Å². The molecule has 1 amide bonds. The lowest BCUT2D eigenvalue weighted by molar-refractivity contribution is -0.136. The molecule has 0 saturated heterocycles. The SMILES string of the molecule is COCCN(CCO)C(=O)c1cccc(C(F)(F)F)c1N. The van der Waals surface area contributed by atoms with Gasteiger partial charge in [-0.05, 0) is 12.1 Å². The Hall–Kier alpha value is -1.80. The molecule has 0 aliphatic rings. The van der Waals surface area contributed by atoms with Crippen LogP contribution in [0.4, 0.5) is 18.9 Å². The quantitative estimate of drug-likeness (QED) is 0.778. The van der Waals surface area contributed by atoms with E-state index in [1.165, 1.54) is 18.1 Å². The maximum atomic E-state index is 12.8. The van der Waals surface area contributed by atoms with Crippen LogP contribution in [0.25, 0.3) is 0 Å². The molecule has 3 N–H and O–H groups in total. The zero-order valence-corrected chi connectivity index (χ0v) is 11.5. The molecule has 0 aliphatic heterocycles. The number of aliphatic hydroxyl groups is 1. The minimum atomic E-state index is -4.63. The van der Waals surface area contributed by atoms with Crippen molar-refractivity contribution in [1.82, 2.24) is 4.90 Å². The molecule has 8 heteroatoms. The van der Waals surface area contributed by atoms with Gasteiger partial charge in [-0.3, -0.25) is 4.79 Å². The van der Waals surface area contributed by atoms with Crippen molar-refractivity contribution in [1.29, 1.82) is 0 Å². The van der Waals surface area contributed by atoms with Crippen LogP contribution in [0.1, 0.15) is 15.9 Å². The summed E-state index contributed by atoms with van der Waals surface area (Å²) in [6.07, 6.45) is -4.63. The standard InChI is InChI=1S/C13H17F3N2O3/c1-21-8-6-18(5-7-19)12(20)9-3-2-4-10(11(9)17)13(14,15)16/h2-4,19H,5-8,17H2,1H3. The summed E-state index contributed by atoms with van der Waals surface area (Å²) in [5, 5.41) is 8.94. The molecule has 0 aliphatic carbocycles. The Bertz CT molecular complexity index is 492. The van der Waals surface area contributed by atoms with Crippen LogP contribution in [0.15, 0.2) is 18.2 Å². The van der Waals surface area contributed by atoms with Crippen molar-refractivity contribution in [3.63, 3.8) is 0 Å². The minimum Gasteiger partial charge on any atom is -0.398 e. The molecule has 0 unspecified atom stereocenters. The first-order valence-electron chi connectivity index (χ1n) is 6.17. The van der Waals surface area contributed by atoms with Crippen LogP contribution >= 0.6 is 0 Å². The van der Waals surface area contributed by atoms with E-state index < -0.39 is 23.3 Å². The number of anilines is 1. The summed E-state index contributed by atoms with van der Waals surface area (Å²) in [5.41, 5.74) is 3.56.